The molecule has 4 N–H and O–H groups in total. The predicted molar refractivity (Wildman–Crippen MR) is 73.8 cm³/mol. The fourth-order valence-electron chi connectivity index (χ4n) is 2.05. The first-order valence-corrected chi connectivity index (χ1v) is 6.47. The smallest absolute Gasteiger partial charge is 0.243 e. The number of hydrogen-bond donors (Lipinski definition) is 3. The van der Waals surface area contributed by atoms with Gasteiger partial charge in [-0.15, -0.1) is 5.10 Å². The minimum Gasteiger partial charge on any atom is -0.354 e. The molecule has 0 saturated heterocycles. The fraction of sp³-hybridized carbons (Fsp3) is 0.182. The van der Waals surface area contributed by atoms with E-state index in [0.717, 1.165) is 17.1 Å². The molecule has 1 aromatic carbocycles. The lowest BCUT2D eigenvalue weighted by Crippen LogP contribution is -2.37. The Kier molecular flexibility index (Phi) is 3.02. The highest BCUT2D eigenvalue weighted by atomic mass is 32.1. The summed E-state index contributed by atoms with van der Waals surface area (Å²) in [4.78, 5) is 13.6. The van der Waals surface area contributed by atoms with Gasteiger partial charge in [0, 0.05) is 11.5 Å². The maximum Gasteiger partial charge on any atom is 0.243 e. The van der Waals surface area contributed by atoms with Gasteiger partial charge in [-0.25, -0.2) is 5.84 Å². The molecular weight excluding hydrogens is 264 g/mol. The molecule has 7 nitrogen and oxygen atoms in total. The van der Waals surface area contributed by atoms with E-state index in [1.54, 1.807) is 0 Å². The molecule has 0 bridgehead atoms. The van der Waals surface area contributed by atoms with Gasteiger partial charge in [0.15, 0.2) is 0 Å². The number of nitrogens with zero attached hydrogens (tertiary/aromatic N) is 3. The van der Waals surface area contributed by atoms with E-state index in [4.69, 9.17) is 5.84 Å². The van der Waals surface area contributed by atoms with E-state index in [1.165, 1.54) is 11.5 Å². The van der Waals surface area contributed by atoms with Crippen molar-refractivity contribution in [3.8, 4) is 0 Å². The zero-order chi connectivity index (χ0) is 13.2. The second-order valence-electron chi connectivity index (χ2n) is 4.11. The molecule has 2 heterocycles. The molecule has 3 rings (SSSR count). The summed E-state index contributed by atoms with van der Waals surface area (Å²) in [6, 6.07) is 7.66. The van der Waals surface area contributed by atoms with Gasteiger partial charge < -0.3 is 15.6 Å². The molecule has 0 radical (unpaired) electrons. The van der Waals surface area contributed by atoms with Crippen molar-refractivity contribution in [2.45, 2.75) is 6.54 Å². The number of anilines is 3. The van der Waals surface area contributed by atoms with Crippen molar-refractivity contribution in [2.75, 3.05) is 22.2 Å². The standard InChI is InChI=1S/C11H12N6OS/c12-14-11-8(15-16-19-11)5-17-6-10(18)13-7-3-1-2-4-9(7)17/h1-4,14H,5-6,12H2,(H,13,18). The van der Waals surface area contributed by atoms with E-state index >= 15 is 0 Å². The van der Waals surface area contributed by atoms with E-state index in [-0.39, 0.29) is 5.91 Å². The first-order valence-electron chi connectivity index (χ1n) is 5.69. The molecule has 2 aromatic rings. The van der Waals surface area contributed by atoms with Crippen LogP contribution in [-0.2, 0) is 11.3 Å². The average Bonchev–Trinajstić information content (AvgIpc) is 2.86. The molecule has 0 spiro atoms. The van der Waals surface area contributed by atoms with Crippen LogP contribution in [0.1, 0.15) is 5.69 Å². The lowest BCUT2D eigenvalue weighted by atomic mass is 10.2. The van der Waals surface area contributed by atoms with Crippen LogP contribution in [0.4, 0.5) is 16.4 Å². The van der Waals surface area contributed by atoms with Gasteiger partial charge >= 0.3 is 0 Å². The average molecular weight is 276 g/mol. The van der Waals surface area contributed by atoms with Crippen LogP contribution in [0, 0.1) is 0 Å². The van der Waals surface area contributed by atoms with Crippen molar-refractivity contribution in [1.29, 1.82) is 0 Å². The van der Waals surface area contributed by atoms with Gasteiger partial charge in [-0.1, -0.05) is 16.6 Å². The third-order valence-electron chi connectivity index (χ3n) is 2.88. The highest BCUT2D eigenvalue weighted by molar-refractivity contribution is 7.10. The molecule has 1 amide bonds. The van der Waals surface area contributed by atoms with Crippen LogP contribution in [0.15, 0.2) is 24.3 Å². The summed E-state index contributed by atoms with van der Waals surface area (Å²) in [5, 5.41) is 7.59. The largest absolute Gasteiger partial charge is 0.354 e. The Morgan fingerprint density at radius 1 is 1.47 bits per heavy atom. The van der Waals surface area contributed by atoms with Gasteiger partial charge in [0.25, 0.3) is 0 Å². The molecule has 8 heteroatoms. The van der Waals surface area contributed by atoms with Crippen molar-refractivity contribution in [3.63, 3.8) is 0 Å². The SMILES string of the molecule is NNc1snnc1CN1CC(=O)Nc2ccccc21. The van der Waals surface area contributed by atoms with E-state index in [9.17, 15) is 4.79 Å². The quantitative estimate of drug-likeness (QED) is 0.566. The van der Waals surface area contributed by atoms with Crippen molar-refractivity contribution in [3.05, 3.63) is 30.0 Å². The van der Waals surface area contributed by atoms with Crippen LogP contribution in [0.5, 0.6) is 0 Å². The Balaban J connectivity index is 1.91. The molecule has 19 heavy (non-hydrogen) atoms. The molecule has 1 aliphatic heterocycles. The Hall–Kier alpha value is -2.19. The summed E-state index contributed by atoms with van der Waals surface area (Å²) >= 11 is 1.20. The van der Waals surface area contributed by atoms with Crippen LogP contribution in [-0.4, -0.2) is 22.0 Å². The molecule has 98 valence electrons. The second-order valence-corrected chi connectivity index (χ2v) is 4.87. The van der Waals surface area contributed by atoms with E-state index in [2.05, 4.69) is 20.3 Å². The number of nitrogens with one attached hydrogen (secondary N) is 2. The summed E-state index contributed by atoms with van der Waals surface area (Å²) in [7, 11) is 0. The molecule has 1 aliphatic rings. The minimum absolute atomic E-state index is 0.0378. The number of hydrazine groups is 1. The molecule has 0 fully saturated rings. The minimum atomic E-state index is -0.0378. The number of nitrogen functional groups attached to an aromatic ring is 1. The Labute approximate surface area is 113 Å². The van der Waals surface area contributed by atoms with E-state index in [0.29, 0.717) is 18.1 Å². The van der Waals surface area contributed by atoms with Crippen molar-refractivity contribution >= 4 is 33.8 Å². The number of benzene rings is 1. The number of fused-ring (bicyclic) bond motifs is 1. The van der Waals surface area contributed by atoms with Gasteiger partial charge in [-0.05, 0) is 12.1 Å². The maximum absolute atomic E-state index is 11.7. The number of nitrogens with two attached hydrogens (primary N) is 1. The monoisotopic (exact) mass is 276 g/mol. The lowest BCUT2D eigenvalue weighted by Gasteiger charge is -2.30. The van der Waals surface area contributed by atoms with E-state index < -0.39 is 0 Å². The van der Waals surface area contributed by atoms with Gasteiger partial charge in [0.1, 0.15) is 10.7 Å². The zero-order valence-corrected chi connectivity index (χ0v) is 10.8. The normalized spacial score (nSPS) is 13.9. The number of carbonyl (C=O) groups excluding carboxylic acids is 1. The first-order chi connectivity index (χ1) is 9.28. The summed E-state index contributed by atoms with van der Waals surface area (Å²) < 4.78 is 3.86. The Morgan fingerprint density at radius 2 is 2.32 bits per heavy atom. The lowest BCUT2D eigenvalue weighted by molar-refractivity contribution is -0.115. The fourth-order valence-corrected chi connectivity index (χ4v) is 2.53. The highest BCUT2D eigenvalue weighted by Crippen LogP contribution is 2.31. The van der Waals surface area contributed by atoms with E-state index in [1.807, 2.05) is 29.2 Å². The molecule has 0 atom stereocenters. The van der Waals surface area contributed by atoms with Crippen LogP contribution >= 0.6 is 11.5 Å². The second kappa shape index (κ2) is 4.82. The topological polar surface area (TPSA) is 96.2 Å². The number of aromatic nitrogens is 2. The molecule has 1 aromatic heterocycles. The number of carbonyl (C=O) groups is 1. The van der Waals surface area contributed by atoms with Gasteiger partial charge in [-0.2, -0.15) is 0 Å². The molecule has 0 unspecified atom stereocenters. The van der Waals surface area contributed by atoms with Crippen molar-refractivity contribution < 1.29 is 4.79 Å². The summed E-state index contributed by atoms with van der Waals surface area (Å²) in [5.41, 5.74) is 5.08. The number of rotatable bonds is 3. The molecule has 0 aliphatic carbocycles. The third-order valence-corrected chi connectivity index (χ3v) is 3.58. The van der Waals surface area contributed by atoms with Crippen LogP contribution in [0.25, 0.3) is 0 Å². The van der Waals surface area contributed by atoms with Crippen LogP contribution in [0.3, 0.4) is 0 Å². The van der Waals surface area contributed by atoms with Gasteiger partial charge in [0.05, 0.1) is 24.5 Å². The van der Waals surface area contributed by atoms with Gasteiger partial charge in [0.2, 0.25) is 5.91 Å². The molecule has 0 saturated carbocycles. The Bertz CT molecular complexity index is 613. The summed E-state index contributed by atoms with van der Waals surface area (Å²) in [6.45, 7) is 0.777. The number of para-hydroxylation sites is 2. The number of amides is 1. The highest BCUT2D eigenvalue weighted by Gasteiger charge is 2.23. The zero-order valence-electron chi connectivity index (χ0n) is 9.96. The first kappa shape index (κ1) is 11.9. The summed E-state index contributed by atoms with van der Waals surface area (Å²) in [6.07, 6.45) is 0. The van der Waals surface area contributed by atoms with Crippen LogP contribution in [0.2, 0.25) is 0 Å². The maximum atomic E-state index is 11.7. The molecular formula is C11H12N6OS. The summed E-state index contributed by atoms with van der Waals surface area (Å²) in [5.74, 6) is 5.37. The van der Waals surface area contributed by atoms with Crippen LogP contribution < -0.4 is 21.5 Å². The van der Waals surface area contributed by atoms with Crippen molar-refractivity contribution in [2.24, 2.45) is 5.84 Å². The third kappa shape index (κ3) is 2.23. The number of hydrogen-bond acceptors (Lipinski definition) is 7. The van der Waals surface area contributed by atoms with Crippen molar-refractivity contribution in [1.82, 2.24) is 9.59 Å². The Morgan fingerprint density at radius 3 is 3.16 bits per heavy atom. The predicted octanol–water partition coefficient (Wildman–Crippen LogP) is 0.782. The van der Waals surface area contributed by atoms with Gasteiger partial charge in [-0.3, -0.25) is 4.79 Å².